The number of aromatic nitrogens is 1. The van der Waals surface area contributed by atoms with Crippen LogP contribution in [0.2, 0.25) is 0 Å². The van der Waals surface area contributed by atoms with Gasteiger partial charge >= 0.3 is 5.97 Å². The second kappa shape index (κ2) is 6.31. The molecular formula is C13H13N3O4S. The lowest BCUT2D eigenvalue weighted by atomic mass is 10.1. The first-order valence-electron chi connectivity index (χ1n) is 6.14. The number of para-hydroxylation sites is 1. The molecular weight excluding hydrogens is 294 g/mol. The number of hydrogen-bond acceptors (Lipinski definition) is 6. The number of thiazole rings is 1. The van der Waals surface area contributed by atoms with Crippen molar-refractivity contribution in [3.05, 3.63) is 50.5 Å². The first kappa shape index (κ1) is 14.9. The summed E-state index contributed by atoms with van der Waals surface area (Å²) in [7, 11) is 0. The van der Waals surface area contributed by atoms with Crippen LogP contribution in [-0.2, 0) is 0 Å². The van der Waals surface area contributed by atoms with Gasteiger partial charge in [0, 0.05) is 30.1 Å². The summed E-state index contributed by atoms with van der Waals surface area (Å²) in [6.45, 7) is 2.28. The molecule has 2 rings (SSSR count). The number of aromatic carboxylic acids is 1. The summed E-state index contributed by atoms with van der Waals surface area (Å²) in [5.74, 6) is -1.19. The topological polar surface area (TPSA) is 105 Å². The van der Waals surface area contributed by atoms with E-state index in [1.54, 1.807) is 6.20 Å². The van der Waals surface area contributed by atoms with Gasteiger partial charge in [0.25, 0.3) is 5.69 Å². The fourth-order valence-corrected chi connectivity index (χ4v) is 2.58. The minimum atomic E-state index is -1.21. The van der Waals surface area contributed by atoms with Crippen molar-refractivity contribution in [3.8, 4) is 0 Å². The molecule has 110 valence electrons. The SMILES string of the molecule is CC(CNc1c(C(=O)O)cccc1[N+](=O)[O-])c1nccs1. The normalized spacial score (nSPS) is 11.9. The molecule has 0 aliphatic carbocycles. The second-order valence-corrected chi connectivity index (χ2v) is 5.34. The fraction of sp³-hybridized carbons (Fsp3) is 0.231. The summed E-state index contributed by atoms with van der Waals surface area (Å²) >= 11 is 1.49. The van der Waals surface area contributed by atoms with Crippen molar-refractivity contribution in [3.63, 3.8) is 0 Å². The second-order valence-electron chi connectivity index (χ2n) is 4.41. The van der Waals surface area contributed by atoms with Crippen molar-refractivity contribution in [2.24, 2.45) is 0 Å². The molecule has 8 heteroatoms. The number of nitro groups is 1. The van der Waals surface area contributed by atoms with Crippen LogP contribution in [0, 0.1) is 10.1 Å². The summed E-state index contributed by atoms with van der Waals surface area (Å²) in [6.07, 6.45) is 1.68. The van der Waals surface area contributed by atoms with E-state index in [-0.39, 0.29) is 22.9 Å². The van der Waals surface area contributed by atoms with Gasteiger partial charge in [-0.15, -0.1) is 11.3 Å². The van der Waals surface area contributed by atoms with Gasteiger partial charge in [-0.25, -0.2) is 9.78 Å². The molecule has 0 fully saturated rings. The smallest absolute Gasteiger partial charge is 0.338 e. The molecule has 0 saturated carbocycles. The maximum absolute atomic E-state index is 11.2. The van der Waals surface area contributed by atoms with Gasteiger partial charge in [-0.1, -0.05) is 13.0 Å². The lowest BCUT2D eigenvalue weighted by molar-refractivity contribution is -0.384. The summed E-state index contributed by atoms with van der Waals surface area (Å²) in [5, 5.41) is 25.8. The molecule has 0 spiro atoms. The number of nitrogens with one attached hydrogen (secondary N) is 1. The number of carboxylic acid groups (broad SMARTS) is 1. The molecule has 1 unspecified atom stereocenters. The van der Waals surface area contributed by atoms with Gasteiger partial charge in [0.2, 0.25) is 0 Å². The number of carboxylic acids is 1. The third kappa shape index (κ3) is 3.34. The molecule has 1 atom stereocenters. The molecule has 7 nitrogen and oxygen atoms in total. The van der Waals surface area contributed by atoms with E-state index in [1.807, 2.05) is 12.3 Å². The van der Waals surface area contributed by atoms with Gasteiger partial charge in [-0.3, -0.25) is 10.1 Å². The van der Waals surface area contributed by atoms with Crippen molar-refractivity contribution < 1.29 is 14.8 Å². The van der Waals surface area contributed by atoms with Crippen LogP contribution in [0.25, 0.3) is 0 Å². The van der Waals surface area contributed by atoms with E-state index in [4.69, 9.17) is 5.11 Å². The Hall–Kier alpha value is -2.48. The van der Waals surface area contributed by atoms with Gasteiger partial charge in [0.05, 0.1) is 15.5 Å². The van der Waals surface area contributed by atoms with Crippen LogP contribution < -0.4 is 5.32 Å². The van der Waals surface area contributed by atoms with Crippen LogP contribution >= 0.6 is 11.3 Å². The van der Waals surface area contributed by atoms with E-state index in [9.17, 15) is 14.9 Å². The number of hydrogen-bond donors (Lipinski definition) is 2. The molecule has 0 radical (unpaired) electrons. The average molecular weight is 307 g/mol. The average Bonchev–Trinajstić information content (AvgIpc) is 2.98. The number of rotatable bonds is 6. The van der Waals surface area contributed by atoms with Crippen LogP contribution in [-0.4, -0.2) is 27.5 Å². The first-order chi connectivity index (χ1) is 10.0. The van der Waals surface area contributed by atoms with Gasteiger partial charge in [-0.2, -0.15) is 0 Å². The minimum Gasteiger partial charge on any atom is -0.478 e. The summed E-state index contributed by atoms with van der Waals surface area (Å²) in [6, 6.07) is 3.98. The van der Waals surface area contributed by atoms with Crippen molar-refractivity contribution in [1.29, 1.82) is 0 Å². The molecule has 0 saturated heterocycles. The maximum atomic E-state index is 11.2. The Morgan fingerprint density at radius 2 is 2.33 bits per heavy atom. The molecule has 0 aliphatic heterocycles. The molecule has 1 heterocycles. The van der Waals surface area contributed by atoms with Crippen LogP contribution in [0.1, 0.15) is 28.2 Å². The lowest BCUT2D eigenvalue weighted by Gasteiger charge is -2.13. The Kier molecular flexibility index (Phi) is 4.49. The van der Waals surface area contributed by atoms with Gasteiger partial charge in [0.1, 0.15) is 5.69 Å². The number of carbonyl (C=O) groups is 1. The third-order valence-corrected chi connectivity index (χ3v) is 3.93. The molecule has 0 bridgehead atoms. The first-order valence-corrected chi connectivity index (χ1v) is 7.02. The predicted molar refractivity (Wildman–Crippen MR) is 79.1 cm³/mol. The zero-order valence-electron chi connectivity index (χ0n) is 11.1. The van der Waals surface area contributed by atoms with Crippen LogP contribution in [0.15, 0.2) is 29.8 Å². The Morgan fingerprint density at radius 1 is 1.57 bits per heavy atom. The van der Waals surface area contributed by atoms with Gasteiger partial charge in [-0.05, 0) is 6.07 Å². The zero-order valence-corrected chi connectivity index (χ0v) is 12.0. The number of nitrogens with zero attached hydrogens (tertiary/aromatic N) is 2. The van der Waals surface area contributed by atoms with Crippen molar-refractivity contribution in [2.75, 3.05) is 11.9 Å². The van der Waals surface area contributed by atoms with Crippen molar-refractivity contribution in [1.82, 2.24) is 4.98 Å². The highest BCUT2D eigenvalue weighted by Gasteiger charge is 2.22. The van der Waals surface area contributed by atoms with E-state index >= 15 is 0 Å². The van der Waals surface area contributed by atoms with E-state index < -0.39 is 10.9 Å². The minimum absolute atomic E-state index is 0.0199. The third-order valence-electron chi connectivity index (χ3n) is 2.93. The quantitative estimate of drug-likeness (QED) is 0.628. The Balaban J connectivity index is 2.25. The lowest BCUT2D eigenvalue weighted by Crippen LogP contribution is -2.14. The Bertz CT molecular complexity index is 625. The largest absolute Gasteiger partial charge is 0.478 e. The van der Waals surface area contributed by atoms with Gasteiger partial charge < -0.3 is 10.4 Å². The zero-order chi connectivity index (χ0) is 15.4. The summed E-state index contributed by atoms with van der Waals surface area (Å²) < 4.78 is 0. The number of benzene rings is 1. The van der Waals surface area contributed by atoms with Crippen LogP contribution in [0.5, 0.6) is 0 Å². The van der Waals surface area contributed by atoms with E-state index in [0.29, 0.717) is 6.54 Å². The molecule has 2 aromatic rings. The highest BCUT2D eigenvalue weighted by atomic mass is 32.1. The maximum Gasteiger partial charge on any atom is 0.338 e. The summed E-state index contributed by atoms with van der Waals surface area (Å²) in [4.78, 5) is 25.8. The van der Waals surface area contributed by atoms with Gasteiger partial charge in [0.15, 0.2) is 0 Å². The highest BCUT2D eigenvalue weighted by Crippen LogP contribution is 2.29. The van der Waals surface area contributed by atoms with E-state index in [1.165, 1.54) is 29.5 Å². The van der Waals surface area contributed by atoms with Crippen molar-refractivity contribution in [2.45, 2.75) is 12.8 Å². The van der Waals surface area contributed by atoms with Crippen molar-refractivity contribution >= 4 is 28.7 Å². The highest BCUT2D eigenvalue weighted by molar-refractivity contribution is 7.09. The number of nitro benzene ring substituents is 1. The monoisotopic (exact) mass is 307 g/mol. The Labute approximate surface area is 124 Å². The molecule has 0 amide bonds. The molecule has 1 aromatic carbocycles. The predicted octanol–water partition coefficient (Wildman–Crippen LogP) is 2.97. The molecule has 21 heavy (non-hydrogen) atoms. The Morgan fingerprint density at radius 3 is 2.90 bits per heavy atom. The number of anilines is 1. The van der Waals surface area contributed by atoms with E-state index in [2.05, 4.69) is 10.3 Å². The fourth-order valence-electron chi connectivity index (χ4n) is 1.88. The van der Waals surface area contributed by atoms with Crippen LogP contribution in [0.4, 0.5) is 11.4 Å². The molecule has 0 aliphatic rings. The van der Waals surface area contributed by atoms with Crippen LogP contribution in [0.3, 0.4) is 0 Å². The molecule has 2 N–H and O–H groups in total. The summed E-state index contributed by atoms with van der Waals surface area (Å²) in [5.41, 5.74) is -0.338. The van der Waals surface area contributed by atoms with E-state index in [0.717, 1.165) is 5.01 Å². The standard InChI is InChI=1S/C13H13N3O4S/c1-8(12-14-5-6-21-12)7-15-11-9(13(17)18)3-2-4-10(11)16(19)20/h2-6,8,15H,7H2,1H3,(H,17,18). The molecule has 1 aromatic heterocycles.